The summed E-state index contributed by atoms with van der Waals surface area (Å²) in [5, 5.41) is 0. The van der Waals surface area contributed by atoms with Crippen molar-refractivity contribution in [1.82, 2.24) is 4.90 Å². The number of nitrogen functional groups attached to an aromatic ring is 1. The van der Waals surface area contributed by atoms with E-state index in [1.165, 1.54) is 12.1 Å². The third-order valence-corrected chi connectivity index (χ3v) is 3.47. The van der Waals surface area contributed by atoms with Crippen LogP contribution in [0.3, 0.4) is 0 Å². The monoisotopic (exact) mass is 273 g/mol. The zero-order chi connectivity index (χ0) is 14.2. The predicted octanol–water partition coefficient (Wildman–Crippen LogP) is 2.43. The van der Waals surface area contributed by atoms with Gasteiger partial charge in [0.1, 0.15) is 0 Å². The van der Waals surface area contributed by atoms with Gasteiger partial charge in [0.15, 0.2) is 0 Å². The van der Waals surface area contributed by atoms with E-state index in [1.807, 2.05) is 18.9 Å². The molecule has 2 rings (SSSR count). The zero-order valence-electron chi connectivity index (χ0n) is 11.0. The molecule has 106 valence electrons. The summed E-state index contributed by atoms with van der Waals surface area (Å²) >= 11 is 0. The van der Waals surface area contributed by atoms with Gasteiger partial charge in [-0.3, -0.25) is 0 Å². The van der Waals surface area contributed by atoms with Crippen LogP contribution in [0.5, 0.6) is 0 Å². The Morgan fingerprint density at radius 2 is 1.95 bits per heavy atom. The lowest BCUT2D eigenvalue weighted by Crippen LogP contribution is -2.51. The molecule has 2 N–H and O–H groups in total. The highest BCUT2D eigenvalue weighted by atomic mass is 19.4. The highest BCUT2D eigenvalue weighted by molar-refractivity contribution is 5.61. The minimum atomic E-state index is -4.38. The molecule has 1 fully saturated rings. The molecule has 0 aromatic heterocycles. The van der Waals surface area contributed by atoms with Crippen LogP contribution in [-0.2, 0) is 6.18 Å². The Morgan fingerprint density at radius 3 is 2.53 bits per heavy atom. The van der Waals surface area contributed by atoms with E-state index in [2.05, 4.69) is 4.90 Å². The van der Waals surface area contributed by atoms with Gasteiger partial charge in [0.05, 0.1) is 5.56 Å². The first kappa shape index (κ1) is 14.0. The van der Waals surface area contributed by atoms with Crippen LogP contribution in [0.15, 0.2) is 18.2 Å². The van der Waals surface area contributed by atoms with Crippen molar-refractivity contribution in [3.63, 3.8) is 0 Å². The summed E-state index contributed by atoms with van der Waals surface area (Å²) in [6.45, 7) is 4.03. The van der Waals surface area contributed by atoms with E-state index in [0.717, 1.165) is 19.2 Å². The van der Waals surface area contributed by atoms with E-state index in [9.17, 15) is 13.2 Å². The van der Waals surface area contributed by atoms with Crippen molar-refractivity contribution in [3.05, 3.63) is 23.8 Å². The van der Waals surface area contributed by atoms with Gasteiger partial charge in [-0.25, -0.2) is 0 Å². The third kappa shape index (κ3) is 2.94. The number of alkyl halides is 3. The minimum Gasteiger partial charge on any atom is -0.399 e. The summed E-state index contributed by atoms with van der Waals surface area (Å²) in [6, 6.07) is 4.05. The SMILES string of the molecule is CC1CN(C)CCN1c1ccc(N)cc1C(F)(F)F. The minimum absolute atomic E-state index is 0.0449. The number of hydrogen-bond donors (Lipinski definition) is 1. The van der Waals surface area contributed by atoms with Gasteiger partial charge in [-0.05, 0) is 32.2 Å². The number of anilines is 2. The topological polar surface area (TPSA) is 32.5 Å². The van der Waals surface area contributed by atoms with Crippen LogP contribution in [-0.4, -0.2) is 37.6 Å². The fourth-order valence-electron chi connectivity index (χ4n) is 2.53. The standard InChI is InChI=1S/C13H18F3N3/c1-9-8-18(2)5-6-19(9)12-4-3-10(17)7-11(12)13(14,15)16/h3-4,7,9H,5-6,8,17H2,1-2H3. The van der Waals surface area contributed by atoms with Gasteiger partial charge in [0.25, 0.3) is 0 Å². The summed E-state index contributed by atoms with van der Waals surface area (Å²) < 4.78 is 39.3. The normalized spacial score (nSPS) is 21.7. The van der Waals surface area contributed by atoms with Crippen LogP contribution >= 0.6 is 0 Å². The second-order valence-corrected chi connectivity index (χ2v) is 5.08. The molecule has 0 radical (unpaired) electrons. The molecule has 1 aliphatic heterocycles. The van der Waals surface area contributed by atoms with Gasteiger partial charge in [0.2, 0.25) is 0 Å². The molecule has 0 spiro atoms. The molecular weight excluding hydrogens is 255 g/mol. The third-order valence-electron chi connectivity index (χ3n) is 3.47. The second kappa shape index (κ2) is 4.92. The molecular formula is C13H18F3N3. The molecule has 1 aromatic carbocycles. The number of likely N-dealkylation sites (N-methyl/N-ethyl adjacent to an activating group) is 1. The summed E-state index contributed by atoms with van der Waals surface area (Å²) in [4.78, 5) is 3.92. The lowest BCUT2D eigenvalue weighted by molar-refractivity contribution is -0.137. The van der Waals surface area contributed by atoms with Crippen LogP contribution in [0.2, 0.25) is 0 Å². The summed E-state index contributed by atoms with van der Waals surface area (Å²) in [6.07, 6.45) is -4.38. The quantitative estimate of drug-likeness (QED) is 0.798. The Labute approximate surface area is 110 Å². The summed E-state index contributed by atoms with van der Waals surface area (Å²) in [7, 11) is 1.97. The molecule has 0 amide bonds. The van der Waals surface area contributed by atoms with E-state index in [0.29, 0.717) is 6.54 Å². The fraction of sp³-hybridized carbons (Fsp3) is 0.538. The Hall–Kier alpha value is -1.43. The molecule has 19 heavy (non-hydrogen) atoms. The van der Waals surface area contributed by atoms with Crippen LogP contribution < -0.4 is 10.6 Å². The second-order valence-electron chi connectivity index (χ2n) is 5.08. The number of nitrogens with zero attached hydrogens (tertiary/aromatic N) is 2. The number of piperazine rings is 1. The van der Waals surface area contributed by atoms with Gasteiger partial charge in [0, 0.05) is 37.1 Å². The molecule has 1 atom stereocenters. The molecule has 1 unspecified atom stereocenters. The molecule has 1 aromatic rings. The smallest absolute Gasteiger partial charge is 0.399 e. The van der Waals surface area contributed by atoms with E-state index < -0.39 is 11.7 Å². The van der Waals surface area contributed by atoms with Crippen LogP contribution in [0, 0.1) is 0 Å². The van der Waals surface area contributed by atoms with Gasteiger partial charge in [-0.15, -0.1) is 0 Å². The molecule has 1 aliphatic rings. The summed E-state index contributed by atoms with van der Waals surface area (Å²) in [5.74, 6) is 0. The van der Waals surface area contributed by atoms with Gasteiger partial charge >= 0.3 is 6.18 Å². The lowest BCUT2D eigenvalue weighted by atomic mass is 10.1. The fourth-order valence-corrected chi connectivity index (χ4v) is 2.53. The Bertz CT molecular complexity index is 459. The lowest BCUT2D eigenvalue weighted by Gasteiger charge is -2.40. The Kier molecular flexibility index (Phi) is 3.62. The predicted molar refractivity (Wildman–Crippen MR) is 70.2 cm³/mol. The average Bonchev–Trinajstić information content (AvgIpc) is 2.28. The van der Waals surface area contributed by atoms with Gasteiger partial charge in [-0.1, -0.05) is 0 Å². The average molecular weight is 273 g/mol. The van der Waals surface area contributed by atoms with Crippen molar-refractivity contribution in [2.45, 2.75) is 19.1 Å². The van der Waals surface area contributed by atoms with Crippen LogP contribution in [0.4, 0.5) is 24.5 Å². The first-order valence-corrected chi connectivity index (χ1v) is 6.21. The van der Waals surface area contributed by atoms with Gasteiger partial charge in [-0.2, -0.15) is 13.2 Å². The van der Waals surface area contributed by atoms with E-state index in [4.69, 9.17) is 5.73 Å². The number of halogens is 3. The Balaban J connectivity index is 2.39. The molecule has 0 saturated carbocycles. The largest absolute Gasteiger partial charge is 0.418 e. The van der Waals surface area contributed by atoms with Crippen molar-refractivity contribution >= 4 is 11.4 Å². The Morgan fingerprint density at radius 1 is 1.26 bits per heavy atom. The van der Waals surface area contributed by atoms with Crippen molar-refractivity contribution in [1.29, 1.82) is 0 Å². The highest BCUT2D eigenvalue weighted by Gasteiger charge is 2.36. The maximum Gasteiger partial charge on any atom is 0.418 e. The maximum absolute atomic E-state index is 13.1. The molecule has 1 heterocycles. The molecule has 0 aliphatic carbocycles. The van der Waals surface area contributed by atoms with E-state index in [1.54, 1.807) is 0 Å². The van der Waals surface area contributed by atoms with Crippen LogP contribution in [0.1, 0.15) is 12.5 Å². The van der Waals surface area contributed by atoms with Crippen LogP contribution in [0.25, 0.3) is 0 Å². The molecule has 0 bridgehead atoms. The number of benzene rings is 1. The summed E-state index contributed by atoms with van der Waals surface area (Å²) in [5.41, 5.74) is 5.20. The molecule has 3 nitrogen and oxygen atoms in total. The van der Waals surface area contributed by atoms with Gasteiger partial charge < -0.3 is 15.5 Å². The number of rotatable bonds is 1. The maximum atomic E-state index is 13.1. The molecule has 1 saturated heterocycles. The van der Waals surface area contributed by atoms with Crippen molar-refractivity contribution in [2.75, 3.05) is 37.3 Å². The molecule has 6 heteroatoms. The number of nitrogens with two attached hydrogens (primary N) is 1. The zero-order valence-corrected chi connectivity index (χ0v) is 11.0. The van der Waals surface area contributed by atoms with E-state index in [-0.39, 0.29) is 17.4 Å². The highest BCUT2D eigenvalue weighted by Crippen LogP contribution is 2.38. The van der Waals surface area contributed by atoms with Crippen molar-refractivity contribution in [3.8, 4) is 0 Å². The van der Waals surface area contributed by atoms with Crippen molar-refractivity contribution in [2.24, 2.45) is 0 Å². The van der Waals surface area contributed by atoms with Crippen molar-refractivity contribution < 1.29 is 13.2 Å². The number of hydrogen-bond acceptors (Lipinski definition) is 3. The first-order valence-electron chi connectivity index (χ1n) is 6.21. The van der Waals surface area contributed by atoms with E-state index >= 15 is 0 Å². The first-order chi connectivity index (χ1) is 8.79.